The number of methoxy groups -OCH3 is 1. The lowest BCUT2D eigenvalue weighted by Crippen LogP contribution is -2.30. The number of hydrogen-bond acceptors (Lipinski definition) is 5. The molecule has 0 unspecified atom stereocenters. The van der Waals surface area contributed by atoms with Gasteiger partial charge in [-0.3, -0.25) is 4.99 Å². The van der Waals surface area contributed by atoms with Gasteiger partial charge in [-0.05, 0) is 31.0 Å². The van der Waals surface area contributed by atoms with Crippen molar-refractivity contribution >= 4 is 11.6 Å². The predicted molar refractivity (Wildman–Crippen MR) is 108 cm³/mol. The van der Waals surface area contributed by atoms with Crippen molar-refractivity contribution in [1.29, 1.82) is 0 Å². The van der Waals surface area contributed by atoms with Crippen LogP contribution in [0.2, 0.25) is 0 Å². The Morgan fingerprint density at radius 2 is 1.96 bits per heavy atom. The van der Waals surface area contributed by atoms with Gasteiger partial charge >= 0.3 is 0 Å². The molecule has 0 spiro atoms. The highest BCUT2D eigenvalue weighted by Gasteiger charge is 2.07. The third-order valence-corrected chi connectivity index (χ3v) is 3.66. The second kappa shape index (κ2) is 10.9. The van der Waals surface area contributed by atoms with Crippen molar-refractivity contribution in [1.82, 2.24) is 10.3 Å². The number of nitrogens with one attached hydrogen (secondary N) is 2. The number of pyridine rings is 1. The van der Waals surface area contributed by atoms with E-state index in [0.717, 1.165) is 17.7 Å². The minimum absolute atomic E-state index is 0.567. The van der Waals surface area contributed by atoms with Crippen LogP contribution in [0.15, 0.2) is 41.5 Å². The minimum atomic E-state index is 0.567. The van der Waals surface area contributed by atoms with Gasteiger partial charge in [0.2, 0.25) is 5.88 Å². The second-order valence-electron chi connectivity index (χ2n) is 5.70. The Morgan fingerprint density at radius 3 is 2.59 bits per heavy atom. The molecule has 7 heteroatoms. The largest absolute Gasteiger partial charge is 0.493 e. The summed E-state index contributed by atoms with van der Waals surface area (Å²) in [7, 11) is 3.35. The van der Waals surface area contributed by atoms with E-state index in [0.29, 0.717) is 43.1 Å². The molecule has 1 aromatic carbocycles. The molecule has 0 fully saturated rings. The summed E-state index contributed by atoms with van der Waals surface area (Å²) in [6, 6.07) is 9.52. The highest BCUT2D eigenvalue weighted by atomic mass is 16.5. The topological polar surface area (TPSA) is 77.0 Å². The Morgan fingerprint density at radius 1 is 1.11 bits per heavy atom. The zero-order valence-corrected chi connectivity index (χ0v) is 16.4. The third-order valence-electron chi connectivity index (χ3n) is 3.66. The van der Waals surface area contributed by atoms with Gasteiger partial charge in [0.15, 0.2) is 17.5 Å². The lowest BCUT2D eigenvalue weighted by molar-refractivity contribution is 0.305. The van der Waals surface area contributed by atoms with Gasteiger partial charge in [-0.2, -0.15) is 0 Å². The molecule has 0 radical (unpaired) electrons. The van der Waals surface area contributed by atoms with E-state index in [1.165, 1.54) is 0 Å². The molecular weight excluding hydrogens is 344 g/mol. The molecule has 0 saturated heterocycles. The van der Waals surface area contributed by atoms with Crippen LogP contribution in [0.3, 0.4) is 0 Å². The molecule has 0 aliphatic heterocycles. The van der Waals surface area contributed by atoms with Crippen LogP contribution in [0, 0.1) is 0 Å². The number of ether oxygens (including phenoxy) is 3. The van der Waals surface area contributed by atoms with Gasteiger partial charge in [-0.1, -0.05) is 13.0 Å². The van der Waals surface area contributed by atoms with Gasteiger partial charge in [0.1, 0.15) is 0 Å². The van der Waals surface area contributed by atoms with Crippen LogP contribution in [-0.2, 0) is 6.54 Å². The fourth-order valence-electron chi connectivity index (χ4n) is 2.33. The Kier molecular flexibility index (Phi) is 8.22. The first kappa shape index (κ1) is 20.4. The van der Waals surface area contributed by atoms with Crippen molar-refractivity contribution in [2.75, 3.05) is 32.7 Å². The first-order valence-corrected chi connectivity index (χ1v) is 9.06. The van der Waals surface area contributed by atoms with E-state index in [1.807, 2.05) is 37.3 Å². The van der Waals surface area contributed by atoms with Gasteiger partial charge in [0.25, 0.3) is 0 Å². The molecule has 0 aliphatic carbocycles. The Hall–Kier alpha value is -2.96. The lowest BCUT2D eigenvalue weighted by Gasteiger charge is -2.14. The number of benzene rings is 1. The Bertz CT molecular complexity index is 733. The number of nitrogens with zero attached hydrogens (tertiary/aromatic N) is 2. The van der Waals surface area contributed by atoms with Crippen molar-refractivity contribution in [3.05, 3.63) is 42.1 Å². The van der Waals surface area contributed by atoms with Crippen LogP contribution in [0.5, 0.6) is 17.4 Å². The van der Waals surface area contributed by atoms with Crippen molar-refractivity contribution in [2.45, 2.75) is 26.8 Å². The fourth-order valence-corrected chi connectivity index (χ4v) is 2.33. The van der Waals surface area contributed by atoms with E-state index >= 15 is 0 Å². The maximum atomic E-state index is 5.61. The normalized spacial score (nSPS) is 11.0. The SMILES string of the molecule is CCCOc1ccc(CNC(=NC)Nc2ccc(OC)c(OCC)c2)cn1. The molecule has 0 amide bonds. The number of anilines is 1. The van der Waals surface area contributed by atoms with Crippen molar-refractivity contribution in [3.63, 3.8) is 0 Å². The maximum absolute atomic E-state index is 5.61. The molecule has 0 bridgehead atoms. The molecule has 1 aromatic heterocycles. The highest BCUT2D eigenvalue weighted by molar-refractivity contribution is 5.93. The zero-order valence-electron chi connectivity index (χ0n) is 16.4. The average Bonchev–Trinajstić information content (AvgIpc) is 2.70. The molecule has 7 nitrogen and oxygen atoms in total. The van der Waals surface area contributed by atoms with Crippen LogP contribution >= 0.6 is 0 Å². The Balaban J connectivity index is 1.95. The molecule has 0 saturated carbocycles. The quantitative estimate of drug-likeness (QED) is 0.518. The van der Waals surface area contributed by atoms with Gasteiger partial charge in [0.05, 0.1) is 20.3 Å². The number of rotatable bonds is 9. The summed E-state index contributed by atoms with van der Waals surface area (Å²) in [6.45, 7) is 5.84. The number of guanidine groups is 1. The Labute approximate surface area is 160 Å². The van der Waals surface area contributed by atoms with Crippen LogP contribution in [0.25, 0.3) is 0 Å². The molecular formula is C20H28N4O3. The molecule has 146 valence electrons. The van der Waals surface area contributed by atoms with Gasteiger partial charge in [0, 0.05) is 37.6 Å². The summed E-state index contributed by atoms with van der Waals surface area (Å²) >= 11 is 0. The van der Waals surface area contributed by atoms with Crippen molar-refractivity contribution in [2.24, 2.45) is 4.99 Å². The number of aromatic nitrogens is 1. The average molecular weight is 372 g/mol. The van der Waals surface area contributed by atoms with Gasteiger partial charge in [-0.25, -0.2) is 4.98 Å². The molecule has 27 heavy (non-hydrogen) atoms. The van der Waals surface area contributed by atoms with Crippen molar-refractivity contribution in [3.8, 4) is 17.4 Å². The van der Waals surface area contributed by atoms with E-state index < -0.39 is 0 Å². The smallest absolute Gasteiger partial charge is 0.213 e. The standard InChI is InChI=1S/C20H28N4O3/c1-5-11-27-19-10-7-15(13-22-19)14-23-20(21-3)24-16-8-9-17(25-4)18(12-16)26-6-2/h7-10,12-13H,5-6,11,14H2,1-4H3,(H2,21,23,24). The molecule has 2 N–H and O–H groups in total. The first-order valence-electron chi connectivity index (χ1n) is 9.06. The highest BCUT2D eigenvalue weighted by Crippen LogP contribution is 2.30. The minimum Gasteiger partial charge on any atom is -0.493 e. The van der Waals surface area contributed by atoms with E-state index in [4.69, 9.17) is 14.2 Å². The fraction of sp³-hybridized carbons (Fsp3) is 0.400. The van der Waals surface area contributed by atoms with Gasteiger partial charge < -0.3 is 24.8 Å². The van der Waals surface area contributed by atoms with E-state index in [2.05, 4.69) is 27.5 Å². The zero-order chi connectivity index (χ0) is 19.5. The maximum Gasteiger partial charge on any atom is 0.213 e. The number of aliphatic imine (C=N–C) groups is 1. The summed E-state index contributed by atoms with van der Waals surface area (Å²) in [5, 5.41) is 6.51. The molecule has 1 heterocycles. The van der Waals surface area contributed by atoms with Gasteiger partial charge in [-0.15, -0.1) is 0 Å². The number of hydrogen-bond donors (Lipinski definition) is 2. The van der Waals surface area contributed by atoms with E-state index in [1.54, 1.807) is 20.4 Å². The van der Waals surface area contributed by atoms with Crippen molar-refractivity contribution < 1.29 is 14.2 Å². The summed E-state index contributed by atoms with van der Waals surface area (Å²) < 4.78 is 16.4. The van der Waals surface area contributed by atoms with Crippen LogP contribution in [0.4, 0.5) is 5.69 Å². The summed E-state index contributed by atoms with van der Waals surface area (Å²) in [5.74, 6) is 2.67. The van der Waals surface area contributed by atoms with E-state index in [-0.39, 0.29) is 0 Å². The van der Waals surface area contributed by atoms with E-state index in [9.17, 15) is 0 Å². The summed E-state index contributed by atoms with van der Waals surface area (Å²) in [4.78, 5) is 8.55. The first-order chi connectivity index (χ1) is 13.2. The van der Waals surface area contributed by atoms with Crippen LogP contribution in [-0.4, -0.2) is 38.3 Å². The monoisotopic (exact) mass is 372 g/mol. The van der Waals surface area contributed by atoms with Crippen LogP contribution in [0.1, 0.15) is 25.8 Å². The predicted octanol–water partition coefficient (Wildman–Crippen LogP) is 3.47. The van der Waals surface area contributed by atoms with Crippen LogP contribution < -0.4 is 24.8 Å². The third kappa shape index (κ3) is 6.36. The summed E-state index contributed by atoms with van der Waals surface area (Å²) in [6.07, 6.45) is 2.76. The lowest BCUT2D eigenvalue weighted by atomic mass is 10.2. The molecule has 2 rings (SSSR count). The second-order valence-corrected chi connectivity index (χ2v) is 5.70. The summed E-state index contributed by atoms with van der Waals surface area (Å²) in [5.41, 5.74) is 1.89. The molecule has 2 aromatic rings. The molecule has 0 atom stereocenters. The molecule has 0 aliphatic rings.